The molecule has 30 heavy (non-hydrogen) atoms. The molecule has 0 radical (unpaired) electrons. The number of benzene rings is 2. The van der Waals surface area contributed by atoms with Gasteiger partial charge >= 0.3 is 0 Å². The number of halogens is 1. The van der Waals surface area contributed by atoms with Crippen LogP contribution in [0.25, 0.3) is 0 Å². The first kappa shape index (κ1) is 24.3. The summed E-state index contributed by atoms with van der Waals surface area (Å²) in [6.45, 7) is 6.08. The van der Waals surface area contributed by atoms with Gasteiger partial charge in [0.2, 0.25) is 11.8 Å². The first-order valence-corrected chi connectivity index (χ1v) is 11.9. The number of thioether (sulfide) groups is 1. The summed E-state index contributed by atoms with van der Waals surface area (Å²) in [5, 5.41) is 3.58. The van der Waals surface area contributed by atoms with Gasteiger partial charge in [0, 0.05) is 35.5 Å². The predicted molar refractivity (Wildman–Crippen MR) is 127 cm³/mol. The van der Waals surface area contributed by atoms with Crippen LogP contribution >= 0.6 is 23.4 Å². The number of amides is 2. The SMILES string of the molecule is CCC(C)NC(=O)C(C)N(Cc1ccccc1Cl)C(=O)CCSCc1ccccc1. The van der Waals surface area contributed by atoms with Crippen LogP contribution in [0.2, 0.25) is 5.02 Å². The lowest BCUT2D eigenvalue weighted by Crippen LogP contribution is -2.49. The lowest BCUT2D eigenvalue weighted by Gasteiger charge is -2.30. The summed E-state index contributed by atoms with van der Waals surface area (Å²) >= 11 is 8.04. The zero-order valence-corrected chi connectivity index (χ0v) is 19.5. The quantitative estimate of drug-likeness (QED) is 0.477. The number of hydrogen-bond acceptors (Lipinski definition) is 3. The molecule has 2 unspecified atom stereocenters. The second kappa shape index (κ2) is 12.7. The van der Waals surface area contributed by atoms with Gasteiger partial charge in [0.15, 0.2) is 0 Å². The minimum Gasteiger partial charge on any atom is -0.352 e. The van der Waals surface area contributed by atoms with Crippen molar-refractivity contribution >= 4 is 35.2 Å². The Morgan fingerprint density at radius 2 is 1.73 bits per heavy atom. The molecule has 162 valence electrons. The molecule has 0 saturated carbocycles. The molecule has 0 spiro atoms. The Hall–Kier alpha value is -1.98. The maximum Gasteiger partial charge on any atom is 0.242 e. The van der Waals surface area contributed by atoms with Crippen LogP contribution in [0.1, 0.15) is 44.7 Å². The molecule has 2 rings (SSSR count). The second-order valence-corrected chi connectivity index (χ2v) is 8.91. The zero-order chi connectivity index (χ0) is 21.9. The van der Waals surface area contributed by atoms with Crippen LogP contribution in [0, 0.1) is 0 Å². The molecule has 0 bridgehead atoms. The van der Waals surface area contributed by atoms with E-state index in [9.17, 15) is 9.59 Å². The smallest absolute Gasteiger partial charge is 0.242 e. The third-order valence-electron chi connectivity index (χ3n) is 5.04. The van der Waals surface area contributed by atoms with E-state index < -0.39 is 6.04 Å². The maximum atomic E-state index is 13.1. The van der Waals surface area contributed by atoms with Crippen LogP contribution in [-0.4, -0.2) is 34.6 Å². The summed E-state index contributed by atoms with van der Waals surface area (Å²) in [6.07, 6.45) is 1.22. The van der Waals surface area contributed by atoms with Crippen molar-refractivity contribution in [1.29, 1.82) is 0 Å². The van der Waals surface area contributed by atoms with Crippen molar-refractivity contribution in [3.8, 4) is 0 Å². The van der Waals surface area contributed by atoms with Crippen LogP contribution in [-0.2, 0) is 21.9 Å². The monoisotopic (exact) mass is 446 g/mol. The van der Waals surface area contributed by atoms with E-state index in [-0.39, 0.29) is 17.9 Å². The van der Waals surface area contributed by atoms with Crippen molar-refractivity contribution in [2.45, 2.75) is 58.0 Å². The molecule has 2 aromatic rings. The van der Waals surface area contributed by atoms with E-state index >= 15 is 0 Å². The molecule has 1 N–H and O–H groups in total. The Morgan fingerprint density at radius 3 is 2.40 bits per heavy atom. The van der Waals surface area contributed by atoms with E-state index in [1.807, 2.05) is 50.2 Å². The molecular formula is C24H31ClN2O2S. The van der Waals surface area contributed by atoms with E-state index in [1.54, 1.807) is 29.7 Å². The van der Waals surface area contributed by atoms with Gasteiger partial charge in [-0.05, 0) is 37.5 Å². The highest BCUT2D eigenvalue weighted by Gasteiger charge is 2.27. The summed E-state index contributed by atoms with van der Waals surface area (Å²) in [4.78, 5) is 27.4. The van der Waals surface area contributed by atoms with Gasteiger partial charge in [0.05, 0.1) is 0 Å². The van der Waals surface area contributed by atoms with Crippen LogP contribution in [0.5, 0.6) is 0 Å². The van der Waals surface area contributed by atoms with Gasteiger partial charge in [-0.2, -0.15) is 11.8 Å². The molecule has 0 heterocycles. The van der Waals surface area contributed by atoms with Gasteiger partial charge in [-0.1, -0.05) is 67.1 Å². The van der Waals surface area contributed by atoms with E-state index in [1.165, 1.54) is 5.56 Å². The van der Waals surface area contributed by atoms with Gasteiger partial charge in [-0.3, -0.25) is 9.59 Å². The van der Waals surface area contributed by atoms with Crippen molar-refractivity contribution < 1.29 is 9.59 Å². The van der Waals surface area contributed by atoms with Crippen molar-refractivity contribution in [3.63, 3.8) is 0 Å². The Bertz CT molecular complexity index is 816. The van der Waals surface area contributed by atoms with Gasteiger partial charge in [0.25, 0.3) is 0 Å². The van der Waals surface area contributed by atoms with E-state index in [2.05, 4.69) is 17.4 Å². The average molecular weight is 447 g/mol. The molecular weight excluding hydrogens is 416 g/mol. The molecule has 6 heteroatoms. The van der Waals surface area contributed by atoms with Crippen LogP contribution in [0.4, 0.5) is 0 Å². The molecule has 0 aliphatic carbocycles. The summed E-state index contributed by atoms with van der Waals surface area (Å²) in [5.74, 6) is 1.39. The van der Waals surface area contributed by atoms with Crippen molar-refractivity contribution in [3.05, 3.63) is 70.7 Å². The fourth-order valence-corrected chi connectivity index (χ4v) is 4.01. The minimum atomic E-state index is -0.568. The summed E-state index contributed by atoms with van der Waals surface area (Å²) in [6, 6.07) is 17.1. The summed E-state index contributed by atoms with van der Waals surface area (Å²) in [7, 11) is 0. The van der Waals surface area contributed by atoms with Crippen LogP contribution in [0.3, 0.4) is 0 Å². The molecule has 4 nitrogen and oxygen atoms in total. The molecule has 0 aromatic heterocycles. The highest BCUT2D eigenvalue weighted by molar-refractivity contribution is 7.98. The van der Waals surface area contributed by atoms with Gasteiger partial charge in [-0.25, -0.2) is 0 Å². The summed E-state index contributed by atoms with van der Waals surface area (Å²) < 4.78 is 0. The maximum absolute atomic E-state index is 13.1. The minimum absolute atomic E-state index is 0.0396. The normalized spacial score (nSPS) is 12.8. The zero-order valence-electron chi connectivity index (χ0n) is 17.9. The number of hydrogen-bond donors (Lipinski definition) is 1. The predicted octanol–water partition coefficient (Wildman–Crippen LogP) is 5.30. The molecule has 0 fully saturated rings. The first-order valence-electron chi connectivity index (χ1n) is 10.4. The molecule has 0 aliphatic rings. The van der Waals surface area contributed by atoms with Crippen LogP contribution < -0.4 is 5.32 Å². The lowest BCUT2D eigenvalue weighted by molar-refractivity contribution is -0.140. The Kier molecular flexibility index (Phi) is 10.2. The number of carbonyl (C=O) groups excluding carboxylic acids is 2. The van der Waals surface area contributed by atoms with E-state index in [0.717, 1.165) is 17.7 Å². The molecule has 2 amide bonds. The Morgan fingerprint density at radius 1 is 1.07 bits per heavy atom. The van der Waals surface area contributed by atoms with Gasteiger partial charge in [0.1, 0.15) is 6.04 Å². The Balaban J connectivity index is 2.02. The largest absolute Gasteiger partial charge is 0.352 e. The fraction of sp³-hybridized carbons (Fsp3) is 0.417. The van der Waals surface area contributed by atoms with E-state index in [0.29, 0.717) is 23.7 Å². The topological polar surface area (TPSA) is 49.4 Å². The Labute approximate surface area is 189 Å². The average Bonchev–Trinajstić information content (AvgIpc) is 2.76. The highest BCUT2D eigenvalue weighted by Crippen LogP contribution is 2.20. The third-order valence-corrected chi connectivity index (χ3v) is 6.44. The number of nitrogens with one attached hydrogen (secondary N) is 1. The van der Waals surface area contributed by atoms with Crippen molar-refractivity contribution in [2.24, 2.45) is 0 Å². The van der Waals surface area contributed by atoms with Crippen molar-refractivity contribution in [2.75, 3.05) is 5.75 Å². The number of nitrogens with zero attached hydrogens (tertiary/aromatic N) is 1. The van der Waals surface area contributed by atoms with Gasteiger partial charge < -0.3 is 10.2 Å². The molecule has 0 saturated heterocycles. The fourth-order valence-electron chi connectivity index (χ4n) is 2.93. The standard InChI is InChI=1S/C24H31ClN2O2S/c1-4-18(2)26-24(29)19(3)27(16-21-12-8-9-13-22(21)25)23(28)14-15-30-17-20-10-6-5-7-11-20/h5-13,18-19H,4,14-17H2,1-3H3,(H,26,29). The number of rotatable bonds is 11. The second-order valence-electron chi connectivity index (χ2n) is 7.40. The van der Waals surface area contributed by atoms with Crippen LogP contribution in [0.15, 0.2) is 54.6 Å². The molecule has 0 aliphatic heterocycles. The van der Waals surface area contributed by atoms with Gasteiger partial charge in [-0.15, -0.1) is 0 Å². The third kappa shape index (κ3) is 7.69. The molecule has 2 aromatic carbocycles. The van der Waals surface area contributed by atoms with Crippen molar-refractivity contribution in [1.82, 2.24) is 10.2 Å². The highest BCUT2D eigenvalue weighted by atomic mass is 35.5. The summed E-state index contributed by atoms with van der Waals surface area (Å²) in [5.41, 5.74) is 2.08. The number of carbonyl (C=O) groups is 2. The molecule has 2 atom stereocenters. The van der Waals surface area contributed by atoms with E-state index in [4.69, 9.17) is 11.6 Å². The first-order chi connectivity index (χ1) is 14.4. The lowest BCUT2D eigenvalue weighted by atomic mass is 10.1.